The van der Waals surface area contributed by atoms with E-state index in [0.29, 0.717) is 24.3 Å². The molecule has 0 radical (unpaired) electrons. The molecule has 0 aromatic heterocycles. The number of anilines is 2. The Morgan fingerprint density at radius 1 is 0.966 bits per heavy atom. The molecule has 4 rings (SSSR count). The maximum Gasteiger partial charge on any atom is 0.264 e. The van der Waals surface area contributed by atoms with Gasteiger partial charge in [-0.2, -0.15) is 0 Å². The van der Waals surface area contributed by atoms with E-state index in [9.17, 15) is 17.6 Å². The Kier molecular flexibility index (Phi) is 5.07. The number of benzene rings is 3. The van der Waals surface area contributed by atoms with E-state index in [2.05, 4.69) is 5.32 Å². The van der Waals surface area contributed by atoms with Gasteiger partial charge in [-0.1, -0.05) is 36.4 Å². The van der Waals surface area contributed by atoms with Gasteiger partial charge in [0.1, 0.15) is 5.82 Å². The highest BCUT2D eigenvalue weighted by molar-refractivity contribution is 7.92. The molecule has 5 nitrogen and oxygen atoms in total. The van der Waals surface area contributed by atoms with Gasteiger partial charge < -0.3 is 5.32 Å². The second-order valence-corrected chi connectivity index (χ2v) is 8.63. The summed E-state index contributed by atoms with van der Waals surface area (Å²) in [7, 11) is -3.72. The van der Waals surface area contributed by atoms with Crippen molar-refractivity contribution in [2.24, 2.45) is 0 Å². The molecule has 0 atom stereocenters. The van der Waals surface area contributed by atoms with Crippen molar-refractivity contribution in [1.82, 2.24) is 0 Å². The summed E-state index contributed by atoms with van der Waals surface area (Å²) in [5.74, 6) is -1.20. The highest BCUT2D eigenvalue weighted by Crippen LogP contribution is 2.34. The first-order valence-electron chi connectivity index (χ1n) is 9.23. The lowest BCUT2D eigenvalue weighted by Gasteiger charge is -2.31. The summed E-state index contributed by atoms with van der Waals surface area (Å²) < 4.78 is 41.5. The van der Waals surface area contributed by atoms with Gasteiger partial charge in [0, 0.05) is 12.2 Å². The molecule has 1 amide bonds. The second-order valence-electron chi connectivity index (χ2n) is 6.77. The largest absolute Gasteiger partial charge is 0.322 e. The first kappa shape index (κ1) is 19.1. The molecule has 0 saturated heterocycles. The van der Waals surface area contributed by atoms with Crippen molar-refractivity contribution in [3.05, 3.63) is 89.7 Å². The van der Waals surface area contributed by atoms with Crippen LogP contribution < -0.4 is 9.62 Å². The van der Waals surface area contributed by atoms with E-state index < -0.39 is 21.7 Å². The Morgan fingerprint density at radius 3 is 2.45 bits per heavy atom. The van der Waals surface area contributed by atoms with Gasteiger partial charge in [0.25, 0.3) is 15.9 Å². The molecule has 3 aromatic rings. The highest BCUT2D eigenvalue weighted by Gasteiger charge is 2.29. The van der Waals surface area contributed by atoms with Crippen LogP contribution in [0.4, 0.5) is 15.8 Å². The number of carbonyl (C=O) groups is 1. The molecule has 0 fully saturated rings. The van der Waals surface area contributed by atoms with Gasteiger partial charge >= 0.3 is 0 Å². The van der Waals surface area contributed by atoms with Crippen molar-refractivity contribution in [3.63, 3.8) is 0 Å². The summed E-state index contributed by atoms with van der Waals surface area (Å²) in [4.78, 5) is 12.6. The van der Waals surface area contributed by atoms with Crippen LogP contribution in [-0.2, 0) is 16.4 Å². The van der Waals surface area contributed by atoms with Crippen LogP contribution in [0.3, 0.4) is 0 Å². The predicted molar refractivity (Wildman–Crippen MR) is 110 cm³/mol. The summed E-state index contributed by atoms with van der Waals surface area (Å²) in [5, 5.41) is 2.66. The van der Waals surface area contributed by atoms with Crippen LogP contribution in [0, 0.1) is 5.82 Å². The third-order valence-corrected chi connectivity index (χ3v) is 6.70. The quantitative estimate of drug-likeness (QED) is 0.700. The zero-order valence-corrected chi connectivity index (χ0v) is 16.3. The zero-order valence-electron chi connectivity index (χ0n) is 15.5. The van der Waals surface area contributed by atoms with E-state index >= 15 is 0 Å². The molecule has 29 heavy (non-hydrogen) atoms. The number of amides is 1. The number of carbonyl (C=O) groups excluding carboxylic acids is 1. The third kappa shape index (κ3) is 3.73. The summed E-state index contributed by atoms with van der Waals surface area (Å²) in [5.41, 5.74) is 1.76. The minimum atomic E-state index is -3.72. The average Bonchev–Trinajstić information content (AvgIpc) is 2.74. The lowest BCUT2D eigenvalue weighted by Crippen LogP contribution is -2.35. The van der Waals surface area contributed by atoms with Crippen LogP contribution in [0.1, 0.15) is 22.3 Å². The average molecular weight is 410 g/mol. The summed E-state index contributed by atoms with van der Waals surface area (Å²) in [6, 6.07) is 19.1. The van der Waals surface area contributed by atoms with E-state index in [0.717, 1.165) is 12.0 Å². The minimum Gasteiger partial charge on any atom is -0.322 e. The number of aryl methyl sites for hydroxylation is 1. The SMILES string of the molecule is O=C(Nc1ccc2c(c1)N(S(=O)(=O)c1ccccc1)CCC2)c1ccccc1F. The number of nitrogens with one attached hydrogen (secondary N) is 1. The van der Waals surface area contributed by atoms with Crippen LogP contribution in [0.15, 0.2) is 77.7 Å². The third-order valence-electron chi connectivity index (χ3n) is 4.87. The van der Waals surface area contributed by atoms with Crippen LogP contribution in [-0.4, -0.2) is 20.9 Å². The standard InChI is InChI=1S/C22H19FN2O3S/c23-20-11-5-4-10-19(20)22(26)24-17-13-12-16-7-6-14-25(21(16)15-17)29(27,28)18-8-2-1-3-9-18/h1-5,8-13,15H,6-7,14H2,(H,24,26). The summed E-state index contributed by atoms with van der Waals surface area (Å²) in [6.45, 7) is 0.356. The van der Waals surface area contributed by atoms with Crippen LogP contribution in [0.5, 0.6) is 0 Å². The lowest BCUT2D eigenvalue weighted by atomic mass is 10.0. The van der Waals surface area contributed by atoms with Gasteiger partial charge in [0.2, 0.25) is 0 Å². The molecular formula is C22H19FN2O3S. The first-order valence-corrected chi connectivity index (χ1v) is 10.7. The molecule has 0 unspecified atom stereocenters. The number of nitrogens with zero attached hydrogens (tertiary/aromatic N) is 1. The van der Waals surface area contributed by atoms with Crippen molar-refractivity contribution in [1.29, 1.82) is 0 Å². The first-order chi connectivity index (χ1) is 14.0. The van der Waals surface area contributed by atoms with Gasteiger partial charge in [0.05, 0.1) is 16.1 Å². The normalized spacial score (nSPS) is 13.6. The van der Waals surface area contributed by atoms with E-state index in [1.54, 1.807) is 54.6 Å². The lowest BCUT2D eigenvalue weighted by molar-refractivity contribution is 0.102. The molecule has 1 N–H and O–H groups in total. The molecule has 3 aromatic carbocycles. The van der Waals surface area contributed by atoms with Crippen molar-refractivity contribution >= 4 is 27.3 Å². The molecule has 7 heteroatoms. The fourth-order valence-electron chi connectivity index (χ4n) is 3.43. The molecule has 0 bridgehead atoms. The molecular weight excluding hydrogens is 391 g/mol. The number of hydrogen-bond acceptors (Lipinski definition) is 3. The number of sulfonamides is 1. The number of hydrogen-bond donors (Lipinski definition) is 1. The monoisotopic (exact) mass is 410 g/mol. The second kappa shape index (κ2) is 7.67. The number of halogens is 1. The van der Waals surface area contributed by atoms with Gasteiger partial charge in [-0.25, -0.2) is 12.8 Å². The fourth-order valence-corrected chi connectivity index (χ4v) is 4.99. The Morgan fingerprint density at radius 2 is 1.69 bits per heavy atom. The number of rotatable bonds is 4. The van der Waals surface area contributed by atoms with Crippen molar-refractivity contribution in [2.75, 3.05) is 16.2 Å². The molecule has 1 aliphatic rings. The van der Waals surface area contributed by atoms with E-state index in [1.165, 1.54) is 22.5 Å². The van der Waals surface area contributed by atoms with Crippen molar-refractivity contribution < 1.29 is 17.6 Å². The van der Waals surface area contributed by atoms with Crippen molar-refractivity contribution in [3.8, 4) is 0 Å². The Hall–Kier alpha value is -3.19. The minimum absolute atomic E-state index is 0.0704. The Bertz CT molecular complexity index is 1160. The van der Waals surface area contributed by atoms with Gasteiger partial charge in [-0.05, 0) is 54.8 Å². The predicted octanol–water partition coefficient (Wildman–Crippen LogP) is 4.22. The van der Waals surface area contributed by atoms with Gasteiger partial charge in [-0.15, -0.1) is 0 Å². The van der Waals surface area contributed by atoms with E-state index in [1.807, 2.05) is 0 Å². The smallest absolute Gasteiger partial charge is 0.264 e. The zero-order chi connectivity index (χ0) is 20.4. The maximum absolute atomic E-state index is 13.9. The van der Waals surface area contributed by atoms with Gasteiger partial charge in [0.15, 0.2) is 0 Å². The molecule has 1 aliphatic heterocycles. The number of fused-ring (bicyclic) bond motifs is 1. The van der Waals surface area contributed by atoms with E-state index in [-0.39, 0.29) is 10.5 Å². The van der Waals surface area contributed by atoms with Crippen LogP contribution >= 0.6 is 0 Å². The Labute approximate surface area is 168 Å². The van der Waals surface area contributed by atoms with Crippen LogP contribution in [0.25, 0.3) is 0 Å². The summed E-state index contributed by atoms with van der Waals surface area (Å²) >= 11 is 0. The van der Waals surface area contributed by atoms with Crippen LogP contribution in [0.2, 0.25) is 0 Å². The topological polar surface area (TPSA) is 66.5 Å². The fraction of sp³-hybridized carbons (Fsp3) is 0.136. The summed E-state index contributed by atoms with van der Waals surface area (Å²) in [6.07, 6.45) is 1.46. The molecule has 0 spiro atoms. The maximum atomic E-state index is 13.9. The molecule has 0 saturated carbocycles. The molecule has 148 valence electrons. The molecule has 0 aliphatic carbocycles. The van der Waals surface area contributed by atoms with E-state index in [4.69, 9.17) is 0 Å². The molecule has 1 heterocycles. The Balaban J connectivity index is 1.68. The highest BCUT2D eigenvalue weighted by atomic mass is 32.2. The van der Waals surface area contributed by atoms with Gasteiger partial charge in [-0.3, -0.25) is 9.10 Å². The van der Waals surface area contributed by atoms with Crippen molar-refractivity contribution in [2.45, 2.75) is 17.7 Å².